The Kier molecular flexibility index (Phi) is 6.31. The molecular weight excluding hydrogens is 324 g/mol. The minimum atomic E-state index is -0.101. The van der Waals surface area contributed by atoms with Gasteiger partial charge in [-0.2, -0.15) is 0 Å². The van der Waals surface area contributed by atoms with Crippen LogP contribution in [0.15, 0.2) is 73.3 Å². The van der Waals surface area contributed by atoms with E-state index in [1.165, 1.54) is 5.56 Å². The van der Waals surface area contributed by atoms with E-state index in [9.17, 15) is 4.79 Å². The van der Waals surface area contributed by atoms with E-state index in [2.05, 4.69) is 32.7 Å². The van der Waals surface area contributed by atoms with Gasteiger partial charge in [-0.1, -0.05) is 36.4 Å². The molecule has 2 aromatic heterocycles. The molecule has 1 amide bonds. The lowest BCUT2D eigenvalue weighted by molar-refractivity contribution is 0.0953. The lowest BCUT2D eigenvalue weighted by atomic mass is 10.1. The molecule has 0 aliphatic rings. The van der Waals surface area contributed by atoms with Gasteiger partial charge in [0.25, 0.3) is 5.91 Å². The number of amides is 1. The number of hydrogen-bond donors (Lipinski definition) is 2. The van der Waals surface area contributed by atoms with Gasteiger partial charge in [0.1, 0.15) is 0 Å². The number of hydrogen-bond acceptors (Lipinski definition) is 4. The van der Waals surface area contributed by atoms with E-state index in [1.54, 1.807) is 18.6 Å². The van der Waals surface area contributed by atoms with Crippen molar-refractivity contribution >= 4 is 11.6 Å². The van der Waals surface area contributed by atoms with Gasteiger partial charge >= 0.3 is 0 Å². The molecule has 2 heterocycles. The van der Waals surface area contributed by atoms with Crippen molar-refractivity contribution in [3.8, 4) is 0 Å². The quantitative estimate of drug-likeness (QED) is 0.613. The molecule has 0 fully saturated rings. The predicted molar refractivity (Wildman–Crippen MR) is 103 cm³/mol. The Morgan fingerprint density at radius 3 is 2.58 bits per heavy atom. The summed E-state index contributed by atoms with van der Waals surface area (Å²) in [5, 5.41) is 6.22. The zero-order valence-corrected chi connectivity index (χ0v) is 14.6. The van der Waals surface area contributed by atoms with Crippen molar-refractivity contribution in [3.63, 3.8) is 0 Å². The molecule has 0 aliphatic carbocycles. The van der Waals surface area contributed by atoms with Gasteiger partial charge in [0, 0.05) is 37.9 Å². The van der Waals surface area contributed by atoms with E-state index in [1.807, 2.05) is 42.6 Å². The summed E-state index contributed by atoms with van der Waals surface area (Å²) < 4.78 is 0. The molecule has 0 radical (unpaired) electrons. The summed E-state index contributed by atoms with van der Waals surface area (Å²) in [6, 6.07) is 16.0. The number of aryl methyl sites for hydroxylation is 1. The van der Waals surface area contributed by atoms with Crippen molar-refractivity contribution < 1.29 is 4.79 Å². The Hall–Kier alpha value is -3.21. The molecule has 0 bridgehead atoms. The van der Waals surface area contributed by atoms with Crippen molar-refractivity contribution in [2.45, 2.75) is 19.4 Å². The molecule has 0 aliphatic heterocycles. The summed E-state index contributed by atoms with van der Waals surface area (Å²) in [5.41, 5.74) is 3.72. The molecule has 5 nitrogen and oxygen atoms in total. The zero-order valence-electron chi connectivity index (χ0n) is 14.6. The fourth-order valence-electron chi connectivity index (χ4n) is 2.61. The minimum absolute atomic E-state index is 0.101. The monoisotopic (exact) mass is 346 g/mol. The Morgan fingerprint density at radius 2 is 1.77 bits per heavy atom. The Balaban J connectivity index is 1.46. The maximum absolute atomic E-state index is 12.3. The summed E-state index contributed by atoms with van der Waals surface area (Å²) in [4.78, 5) is 20.5. The molecule has 0 atom stereocenters. The standard InChI is InChI=1S/C21H22N4O/c26-21(24-11-5-8-17-6-2-1-3-7-17)19-12-20(16-23-15-19)25-14-18-9-4-10-22-13-18/h1-4,6-7,9-10,12-13,15-16,25H,5,8,11,14H2,(H,24,26). The number of aromatic nitrogens is 2. The van der Waals surface area contributed by atoms with Gasteiger partial charge in [0.05, 0.1) is 11.3 Å². The highest BCUT2D eigenvalue weighted by Gasteiger charge is 2.06. The molecule has 2 N–H and O–H groups in total. The summed E-state index contributed by atoms with van der Waals surface area (Å²) in [6.07, 6.45) is 8.70. The summed E-state index contributed by atoms with van der Waals surface area (Å²) in [6.45, 7) is 1.28. The molecule has 3 rings (SSSR count). The fourth-order valence-corrected chi connectivity index (χ4v) is 2.61. The molecule has 132 valence electrons. The zero-order chi connectivity index (χ0) is 18.0. The van der Waals surface area contributed by atoms with Crippen LogP contribution in [0, 0.1) is 0 Å². The van der Waals surface area contributed by atoms with Crippen LogP contribution in [0.5, 0.6) is 0 Å². The number of pyridine rings is 2. The summed E-state index contributed by atoms with van der Waals surface area (Å²) >= 11 is 0. The average molecular weight is 346 g/mol. The first-order chi connectivity index (χ1) is 12.8. The molecule has 0 unspecified atom stereocenters. The molecular formula is C21H22N4O. The highest BCUT2D eigenvalue weighted by Crippen LogP contribution is 2.10. The van der Waals surface area contributed by atoms with Crippen molar-refractivity contribution in [2.75, 3.05) is 11.9 Å². The number of anilines is 1. The third-order valence-electron chi connectivity index (χ3n) is 3.99. The normalized spacial score (nSPS) is 10.3. The van der Waals surface area contributed by atoms with Gasteiger partial charge in [-0.25, -0.2) is 0 Å². The number of carbonyl (C=O) groups excluding carboxylic acids is 1. The molecule has 5 heteroatoms. The fraction of sp³-hybridized carbons (Fsp3) is 0.190. The lowest BCUT2D eigenvalue weighted by Crippen LogP contribution is -2.25. The smallest absolute Gasteiger partial charge is 0.252 e. The molecule has 1 aromatic carbocycles. The first-order valence-electron chi connectivity index (χ1n) is 8.71. The second-order valence-corrected chi connectivity index (χ2v) is 6.02. The average Bonchev–Trinajstić information content (AvgIpc) is 2.71. The second-order valence-electron chi connectivity index (χ2n) is 6.02. The lowest BCUT2D eigenvalue weighted by Gasteiger charge is -2.09. The van der Waals surface area contributed by atoms with E-state index in [-0.39, 0.29) is 5.91 Å². The van der Waals surface area contributed by atoms with Crippen LogP contribution in [-0.4, -0.2) is 22.4 Å². The topological polar surface area (TPSA) is 66.9 Å². The number of nitrogens with one attached hydrogen (secondary N) is 2. The van der Waals surface area contributed by atoms with Crippen LogP contribution in [0.4, 0.5) is 5.69 Å². The van der Waals surface area contributed by atoms with Crippen LogP contribution in [0.25, 0.3) is 0 Å². The third kappa shape index (κ3) is 5.41. The highest BCUT2D eigenvalue weighted by molar-refractivity contribution is 5.94. The van der Waals surface area contributed by atoms with Gasteiger partial charge in [-0.05, 0) is 36.1 Å². The van der Waals surface area contributed by atoms with Gasteiger partial charge in [-0.15, -0.1) is 0 Å². The number of carbonyl (C=O) groups is 1. The maximum atomic E-state index is 12.3. The number of nitrogens with zero attached hydrogens (tertiary/aromatic N) is 2. The third-order valence-corrected chi connectivity index (χ3v) is 3.99. The maximum Gasteiger partial charge on any atom is 0.252 e. The number of benzene rings is 1. The minimum Gasteiger partial charge on any atom is -0.380 e. The van der Waals surface area contributed by atoms with E-state index in [0.29, 0.717) is 18.7 Å². The van der Waals surface area contributed by atoms with Gasteiger partial charge in [0.2, 0.25) is 0 Å². The van der Waals surface area contributed by atoms with Crippen LogP contribution in [0.1, 0.15) is 27.9 Å². The van der Waals surface area contributed by atoms with Gasteiger partial charge in [-0.3, -0.25) is 14.8 Å². The summed E-state index contributed by atoms with van der Waals surface area (Å²) in [7, 11) is 0. The van der Waals surface area contributed by atoms with Gasteiger partial charge in [0.15, 0.2) is 0 Å². The Morgan fingerprint density at radius 1 is 0.923 bits per heavy atom. The molecule has 26 heavy (non-hydrogen) atoms. The first kappa shape index (κ1) is 17.6. The molecule has 0 saturated carbocycles. The van der Waals surface area contributed by atoms with Gasteiger partial charge < -0.3 is 10.6 Å². The highest BCUT2D eigenvalue weighted by atomic mass is 16.1. The van der Waals surface area contributed by atoms with E-state index in [4.69, 9.17) is 0 Å². The van der Waals surface area contributed by atoms with E-state index in [0.717, 1.165) is 24.1 Å². The SMILES string of the molecule is O=C(NCCCc1ccccc1)c1cncc(NCc2cccnc2)c1. The summed E-state index contributed by atoms with van der Waals surface area (Å²) in [5.74, 6) is -0.101. The van der Waals surface area contributed by atoms with Crippen LogP contribution in [0.3, 0.4) is 0 Å². The Labute approximate surface area is 153 Å². The predicted octanol–water partition coefficient (Wildman–Crippen LogP) is 3.45. The first-order valence-corrected chi connectivity index (χ1v) is 8.71. The number of rotatable bonds is 8. The molecule has 3 aromatic rings. The second kappa shape index (κ2) is 9.32. The molecule has 0 spiro atoms. The van der Waals surface area contributed by atoms with Crippen LogP contribution >= 0.6 is 0 Å². The van der Waals surface area contributed by atoms with Crippen molar-refractivity contribution in [1.82, 2.24) is 15.3 Å². The van der Waals surface area contributed by atoms with Crippen molar-refractivity contribution in [1.29, 1.82) is 0 Å². The van der Waals surface area contributed by atoms with Crippen LogP contribution in [0.2, 0.25) is 0 Å². The van der Waals surface area contributed by atoms with Crippen molar-refractivity contribution in [3.05, 3.63) is 90.0 Å². The van der Waals surface area contributed by atoms with Crippen LogP contribution in [-0.2, 0) is 13.0 Å². The largest absolute Gasteiger partial charge is 0.380 e. The van der Waals surface area contributed by atoms with Crippen molar-refractivity contribution in [2.24, 2.45) is 0 Å². The molecule has 0 saturated heterocycles. The Bertz CT molecular complexity index is 822. The van der Waals surface area contributed by atoms with E-state index < -0.39 is 0 Å². The van der Waals surface area contributed by atoms with E-state index >= 15 is 0 Å². The van der Waals surface area contributed by atoms with Crippen LogP contribution < -0.4 is 10.6 Å².